The number of carbonyl (C=O) groups is 1. The van der Waals surface area contributed by atoms with Crippen molar-refractivity contribution in [2.45, 2.75) is 25.7 Å². The number of aromatic nitrogens is 2. The highest BCUT2D eigenvalue weighted by atomic mass is 32.1. The van der Waals surface area contributed by atoms with Crippen LogP contribution in [0.2, 0.25) is 0 Å². The molecule has 0 saturated carbocycles. The Balaban J connectivity index is 1.86. The van der Waals surface area contributed by atoms with Crippen molar-refractivity contribution in [3.63, 3.8) is 0 Å². The summed E-state index contributed by atoms with van der Waals surface area (Å²) in [5.41, 5.74) is 2.60. The molecule has 0 aliphatic heterocycles. The molecule has 0 fully saturated rings. The summed E-state index contributed by atoms with van der Waals surface area (Å²) in [5.74, 6) is 0.0922. The van der Waals surface area contributed by atoms with Crippen LogP contribution in [0.25, 0.3) is 0 Å². The van der Waals surface area contributed by atoms with Crippen molar-refractivity contribution in [1.29, 1.82) is 0 Å². The standard InChI is InChI=1S/C13H16N4O2S/c18-11-6-10(15-13(20)16-11)7-12(19)17-14-8-9-4-2-1-3-5-9/h1-2,6,8-9H,3-5,7H2,(H,17,19)(H2,15,16,18,20)/b14-8-/t9-/m0/s1. The first-order valence-corrected chi connectivity index (χ1v) is 6.84. The fraction of sp³-hybridized carbons (Fsp3) is 0.385. The monoisotopic (exact) mass is 292 g/mol. The number of rotatable bonds is 4. The fourth-order valence-corrected chi connectivity index (χ4v) is 2.23. The minimum atomic E-state index is -0.325. The molecule has 1 aromatic rings. The van der Waals surface area contributed by atoms with Gasteiger partial charge in [0.25, 0.3) is 5.56 Å². The van der Waals surface area contributed by atoms with Crippen LogP contribution in [0.1, 0.15) is 25.0 Å². The van der Waals surface area contributed by atoms with Gasteiger partial charge in [-0.25, -0.2) is 5.43 Å². The molecule has 1 aromatic heterocycles. The normalized spacial score (nSPS) is 18.3. The lowest BCUT2D eigenvalue weighted by atomic mass is 9.96. The van der Waals surface area contributed by atoms with Crippen LogP contribution in [0.4, 0.5) is 0 Å². The quantitative estimate of drug-likeness (QED) is 0.339. The van der Waals surface area contributed by atoms with E-state index in [4.69, 9.17) is 12.2 Å². The number of hydrogen-bond donors (Lipinski definition) is 3. The average molecular weight is 292 g/mol. The average Bonchev–Trinajstić information content (AvgIpc) is 2.38. The molecule has 0 aromatic carbocycles. The molecule has 106 valence electrons. The Bertz CT molecular complexity index is 616. The van der Waals surface area contributed by atoms with E-state index in [1.54, 1.807) is 6.21 Å². The van der Waals surface area contributed by atoms with Gasteiger partial charge >= 0.3 is 0 Å². The fourth-order valence-electron chi connectivity index (χ4n) is 1.99. The topological polar surface area (TPSA) is 90.1 Å². The van der Waals surface area contributed by atoms with Crippen molar-refractivity contribution in [3.05, 3.63) is 39.0 Å². The molecule has 1 aliphatic carbocycles. The summed E-state index contributed by atoms with van der Waals surface area (Å²) >= 11 is 4.83. The van der Waals surface area contributed by atoms with Crippen LogP contribution in [-0.4, -0.2) is 22.1 Å². The van der Waals surface area contributed by atoms with Crippen molar-refractivity contribution in [1.82, 2.24) is 15.4 Å². The third-order valence-electron chi connectivity index (χ3n) is 2.95. The molecule has 1 aliphatic rings. The zero-order valence-corrected chi connectivity index (χ0v) is 11.7. The number of amides is 1. The van der Waals surface area contributed by atoms with Crippen molar-refractivity contribution in [2.75, 3.05) is 0 Å². The SMILES string of the molecule is O=C(Cc1cc(=O)[nH]c(=S)[nH]1)N/N=C\[C@H]1CC=CCC1. The van der Waals surface area contributed by atoms with Crippen LogP contribution in [0, 0.1) is 10.7 Å². The summed E-state index contributed by atoms with van der Waals surface area (Å²) in [6.45, 7) is 0. The van der Waals surface area contributed by atoms with Crippen molar-refractivity contribution >= 4 is 24.3 Å². The van der Waals surface area contributed by atoms with E-state index in [9.17, 15) is 9.59 Å². The minimum absolute atomic E-state index is 0.0372. The molecule has 2 rings (SSSR count). The Labute approximate surface area is 121 Å². The van der Waals surface area contributed by atoms with Gasteiger partial charge in [0.1, 0.15) is 0 Å². The summed E-state index contributed by atoms with van der Waals surface area (Å²) in [6.07, 6.45) is 9.14. The molecular formula is C13H16N4O2S. The van der Waals surface area contributed by atoms with E-state index in [0.29, 0.717) is 11.6 Å². The third kappa shape index (κ3) is 4.58. The van der Waals surface area contributed by atoms with Crippen LogP contribution in [0.15, 0.2) is 28.1 Å². The number of aromatic amines is 2. The van der Waals surface area contributed by atoms with E-state index in [1.165, 1.54) is 6.07 Å². The van der Waals surface area contributed by atoms with Gasteiger partial charge < -0.3 is 4.98 Å². The first kappa shape index (κ1) is 14.4. The van der Waals surface area contributed by atoms with E-state index >= 15 is 0 Å². The first-order chi connectivity index (χ1) is 9.63. The van der Waals surface area contributed by atoms with Gasteiger partial charge in [-0.05, 0) is 37.4 Å². The number of hydrogen-bond acceptors (Lipinski definition) is 4. The van der Waals surface area contributed by atoms with Crippen molar-refractivity contribution < 1.29 is 4.79 Å². The highest BCUT2D eigenvalue weighted by molar-refractivity contribution is 7.71. The lowest BCUT2D eigenvalue weighted by Gasteiger charge is -2.11. The molecule has 0 unspecified atom stereocenters. The predicted octanol–water partition coefficient (Wildman–Crippen LogP) is 1.43. The van der Waals surface area contributed by atoms with E-state index in [2.05, 4.69) is 32.6 Å². The van der Waals surface area contributed by atoms with Crippen LogP contribution in [-0.2, 0) is 11.2 Å². The summed E-state index contributed by atoms with van der Waals surface area (Å²) in [5, 5.41) is 3.95. The summed E-state index contributed by atoms with van der Waals surface area (Å²) in [6, 6.07) is 1.31. The molecule has 0 bridgehead atoms. The second-order valence-corrected chi connectivity index (χ2v) is 5.06. The Hall–Kier alpha value is -2.02. The van der Waals surface area contributed by atoms with Gasteiger partial charge in [-0.15, -0.1) is 0 Å². The van der Waals surface area contributed by atoms with Crippen LogP contribution in [0.3, 0.4) is 0 Å². The molecule has 3 N–H and O–H groups in total. The molecular weight excluding hydrogens is 276 g/mol. The van der Waals surface area contributed by atoms with Gasteiger partial charge in [0.15, 0.2) is 4.77 Å². The Morgan fingerprint density at radius 1 is 1.50 bits per heavy atom. The van der Waals surface area contributed by atoms with Crippen LogP contribution >= 0.6 is 12.2 Å². The van der Waals surface area contributed by atoms with Gasteiger partial charge in [-0.3, -0.25) is 14.6 Å². The van der Waals surface area contributed by atoms with Gasteiger partial charge in [0.2, 0.25) is 5.91 Å². The van der Waals surface area contributed by atoms with Crippen LogP contribution in [0.5, 0.6) is 0 Å². The lowest BCUT2D eigenvalue weighted by molar-refractivity contribution is -0.120. The number of hydrazone groups is 1. The molecule has 1 amide bonds. The van der Waals surface area contributed by atoms with Gasteiger partial charge in [-0.1, -0.05) is 12.2 Å². The van der Waals surface area contributed by atoms with Gasteiger partial charge in [-0.2, -0.15) is 5.10 Å². The largest absolute Gasteiger partial charge is 0.335 e. The maximum Gasteiger partial charge on any atom is 0.251 e. The maximum absolute atomic E-state index is 11.7. The van der Waals surface area contributed by atoms with E-state index < -0.39 is 0 Å². The minimum Gasteiger partial charge on any atom is -0.335 e. The number of nitrogens with zero attached hydrogens (tertiary/aromatic N) is 1. The van der Waals surface area contributed by atoms with Gasteiger partial charge in [0, 0.05) is 18.0 Å². The predicted molar refractivity (Wildman–Crippen MR) is 79.1 cm³/mol. The molecule has 0 radical (unpaired) electrons. The second kappa shape index (κ2) is 6.95. The molecule has 7 heteroatoms. The molecule has 1 heterocycles. The van der Waals surface area contributed by atoms with Crippen LogP contribution < -0.4 is 11.0 Å². The van der Waals surface area contributed by atoms with E-state index in [1.807, 2.05) is 0 Å². The highest BCUT2D eigenvalue weighted by Crippen LogP contribution is 2.15. The lowest BCUT2D eigenvalue weighted by Crippen LogP contribution is -2.22. The van der Waals surface area contributed by atoms with Crippen molar-refractivity contribution in [2.24, 2.45) is 11.0 Å². The summed E-state index contributed by atoms with van der Waals surface area (Å²) < 4.78 is 0.206. The Kier molecular flexibility index (Phi) is 5.00. The molecule has 1 atom stereocenters. The van der Waals surface area contributed by atoms with E-state index in [0.717, 1.165) is 19.3 Å². The first-order valence-electron chi connectivity index (χ1n) is 6.43. The molecule has 20 heavy (non-hydrogen) atoms. The number of nitrogens with one attached hydrogen (secondary N) is 3. The molecule has 0 spiro atoms. The molecule has 0 saturated heterocycles. The smallest absolute Gasteiger partial charge is 0.251 e. The maximum atomic E-state index is 11.7. The number of carbonyl (C=O) groups excluding carboxylic acids is 1. The number of allylic oxidation sites excluding steroid dienone is 2. The highest BCUT2D eigenvalue weighted by Gasteiger charge is 2.07. The summed E-state index contributed by atoms with van der Waals surface area (Å²) in [4.78, 5) is 28.0. The number of H-pyrrole nitrogens is 2. The third-order valence-corrected chi connectivity index (χ3v) is 3.16. The van der Waals surface area contributed by atoms with E-state index in [-0.39, 0.29) is 22.7 Å². The van der Waals surface area contributed by atoms with Crippen molar-refractivity contribution in [3.8, 4) is 0 Å². The Morgan fingerprint density at radius 3 is 3.05 bits per heavy atom. The zero-order chi connectivity index (χ0) is 14.4. The Morgan fingerprint density at radius 2 is 2.35 bits per heavy atom. The molecule has 6 nitrogen and oxygen atoms in total. The summed E-state index contributed by atoms with van der Waals surface area (Å²) in [7, 11) is 0. The zero-order valence-electron chi connectivity index (χ0n) is 10.9. The van der Waals surface area contributed by atoms with Gasteiger partial charge in [0.05, 0.1) is 6.42 Å². The second-order valence-electron chi connectivity index (χ2n) is 4.65.